The van der Waals surface area contributed by atoms with Gasteiger partial charge in [0.15, 0.2) is 5.78 Å². The fourth-order valence-corrected chi connectivity index (χ4v) is 6.70. The number of amides is 2. The van der Waals surface area contributed by atoms with Crippen molar-refractivity contribution in [2.24, 2.45) is 35.5 Å². The fourth-order valence-electron chi connectivity index (χ4n) is 5.91. The standard InChI is InChI=1S/C26H23NO4S/c1-31-16-6-2-14(3-7-16)22(28)13-32-17-8-4-15(5-9-17)27-25(29)23-18-10-11-19(21-12-20(18)21)24(23)26(27)30/h2-11,18-21,23-24H,12-13H2,1H3/t18?,19?,20-,21+,23?,24?. The number of thioether (sulfide) groups is 1. The second-order valence-electron chi connectivity index (χ2n) is 9.10. The average Bonchev–Trinajstić information content (AvgIpc) is 3.61. The molecule has 162 valence electrons. The van der Waals surface area contributed by atoms with E-state index in [0.29, 0.717) is 28.8 Å². The van der Waals surface area contributed by atoms with Gasteiger partial charge in [-0.05, 0) is 78.6 Å². The number of benzene rings is 2. The molecule has 1 saturated heterocycles. The molecule has 5 aliphatic rings. The average molecular weight is 446 g/mol. The van der Waals surface area contributed by atoms with Crippen molar-refractivity contribution in [1.29, 1.82) is 0 Å². The van der Waals surface area contributed by atoms with Gasteiger partial charge in [-0.25, -0.2) is 0 Å². The number of anilines is 1. The van der Waals surface area contributed by atoms with Gasteiger partial charge in [0.05, 0.1) is 30.4 Å². The zero-order valence-electron chi connectivity index (χ0n) is 17.6. The van der Waals surface area contributed by atoms with E-state index in [1.165, 1.54) is 16.7 Å². The van der Waals surface area contributed by atoms with Crippen LogP contribution in [0.15, 0.2) is 65.6 Å². The van der Waals surface area contributed by atoms with Gasteiger partial charge in [0.25, 0.3) is 0 Å². The van der Waals surface area contributed by atoms with Gasteiger partial charge in [0.2, 0.25) is 11.8 Å². The van der Waals surface area contributed by atoms with Crippen molar-refractivity contribution >= 4 is 35.0 Å². The minimum Gasteiger partial charge on any atom is -0.497 e. The van der Waals surface area contributed by atoms with Crippen LogP contribution in [0.3, 0.4) is 0 Å². The Bertz CT molecular complexity index is 1100. The molecule has 6 heteroatoms. The molecule has 2 amide bonds. The Morgan fingerprint density at radius 3 is 2.09 bits per heavy atom. The van der Waals surface area contributed by atoms with Crippen molar-refractivity contribution in [2.75, 3.05) is 17.8 Å². The predicted molar refractivity (Wildman–Crippen MR) is 122 cm³/mol. The zero-order chi connectivity index (χ0) is 22.0. The normalized spacial score (nSPS) is 31.5. The summed E-state index contributed by atoms with van der Waals surface area (Å²) < 4.78 is 5.13. The second kappa shape index (κ2) is 7.34. The number of allylic oxidation sites excluding steroid dienone is 2. The fraction of sp³-hybridized carbons (Fsp3) is 0.346. The van der Waals surface area contributed by atoms with E-state index in [-0.39, 0.29) is 41.3 Å². The maximum atomic E-state index is 13.2. The molecule has 2 bridgehead atoms. The highest BCUT2D eigenvalue weighted by Gasteiger charge is 2.67. The van der Waals surface area contributed by atoms with Crippen molar-refractivity contribution in [2.45, 2.75) is 11.3 Å². The lowest BCUT2D eigenvalue weighted by atomic mass is 9.63. The molecule has 6 atom stereocenters. The van der Waals surface area contributed by atoms with E-state index < -0.39 is 0 Å². The van der Waals surface area contributed by atoms with Crippen molar-refractivity contribution < 1.29 is 19.1 Å². The summed E-state index contributed by atoms with van der Waals surface area (Å²) in [6.07, 6.45) is 5.54. The molecule has 4 unspecified atom stereocenters. The topological polar surface area (TPSA) is 63.7 Å². The van der Waals surface area contributed by atoms with Gasteiger partial charge in [-0.3, -0.25) is 19.3 Å². The van der Waals surface area contributed by atoms with E-state index in [1.54, 1.807) is 31.4 Å². The largest absolute Gasteiger partial charge is 0.497 e. The quantitative estimate of drug-likeness (QED) is 0.288. The molecule has 0 N–H and O–H groups in total. The minimum atomic E-state index is -0.183. The van der Waals surface area contributed by atoms with Gasteiger partial charge in [0, 0.05) is 10.5 Å². The Hall–Kier alpha value is -2.86. The van der Waals surface area contributed by atoms with Gasteiger partial charge in [-0.15, -0.1) is 11.8 Å². The number of nitrogens with zero attached hydrogens (tertiary/aromatic N) is 1. The molecule has 32 heavy (non-hydrogen) atoms. The molecular weight excluding hydrogens is 422 g/mol. The number of Topliss-reactive ketones (excluding diaryl/α,β-unsaturated/α-hetero) is 1. The number of methoxy groups -OCH3 is 1. The Balaban J connectivity index is 1.14. The third kappa shape index (κ3) is 2.96. The van der Waals surface area contributed by atoms with Crippen LogP contribution in [0.25, 0.3) is 0 Å². The molecule has 1 aliphatic heterocycles. The summed E-state index contributed by atoms with van der Waals surface area (Å²) in [5.41, 5.74) is 1.28. The van der Waals surface area contributed by atoms with E-state index in [0.717, 1.165) is 17.1 Å². The SMILES string of the molecule is COc1ccc(C(=O)CSc2ccc(N3C(=O)C4C(C3=O)C3C=CC4[C@H]4C[C@@H]34)cc2)cc1. The molecule has 2 aromatic carbocycles. The van der Waals surface area contributed by atoms with Crippen LogP contribution >= 0.6 is 11.8 Å². The lowest BCUT2D eigenvalue weighted by molar-refractivity contribution is -0.124. The summed E-state index contributed by atoms with van der Waals surface area (Å²) in [6, 6.07) is 14.5. The second-order valence-corrected chi connectivity index (χ2v) is 10.1. The third-order valence-electron chi connectivity index (χ3n) is 7.54. The maximum absolute atomic E-state index is 13.2. The first-order chi connectivity index (χ1) is 15.6. The van der Waals surface area contributed by atoms with Crippen LogP contribution in [0.5, 0.6) is 5.75 Å². The van der Waals surface area contributed by atoms with Crippen LogP contribution in [0.1, 0.15) is 16.8 Å². The molecule has 7 rings (SSSR count). The molecular formula is C26H23NO4S. The first-order valence-electron chi connectivity index (χ1n) is 11.0. The monoisotopic (exact) mass is 445 g/mol. The molecule has 1 heterocycles. The van der Waals surface area contributed by atoms with Crippen molar-refractivity contribution in [1.82, 2.24) is 0 Å². The van der Waals surface area contributed by atoms with E-state index >= 15 is 0 Å². The van der Waals surface area contributed by atoms with Crippen LogP contribution in [0.2, 0.25) is 0 Å². The summed E-state index contributed by atoms with van der Waals surface area (Å²) in [6.45, 7) is 0. The van der Waals surface area contributed by atoms with Crippen molar-refractivity contribution in [3.05, 3.63) is 66.2 Å². The van der Waals surface area contributed by atoms with Crippen molar-refractivity contribution in [3.8, 4) is 5.75 Å². The van der Waals surface area contributed by atoms with Gasteiger partial charge < -0.3 is 4.74 Å². The van der Waals surface area contributed by atoms with Crippen LogP contribution in [0.4, 0.5) is 5.69 Å². The zero-order valence-corrected chi connectivity index (χ0v) is 18.5. The highest BCUT2D eigenvalue weighted by Crippen LogP contribution is 2.65. The highest BCUT2D eigenvalue weighted by molar-refractivity contribution is 8.00. The number of carbonyl (C=O) groups is 3. The molecule has 5 nitrogen and oxygen atoms in total. The molecule has 2 saturated carbocycles. The van der Waals surface area contributed by atoms with Crippen LogP contribution < -0.4 is 9.64 Å². The number of hydrogen-bond acceptors (Lipinski definition) is 5. The number of carbonyl (C=O) groups excluding carboxylic acids is 3. The summed E-state index contributed by atoms with van der Waals surface area (Å²) in [5, 5.41) is 0. The number of imide groups is 1. The molecule has 0 spiro atoms. The van der Waals surface area contributed by atoms with Crippen LogP contribution in [-0.2, 0) is 9.59 Å². The highest BCUT2D eigenvalue weighted by atomic mass is 32.2. The van der Waals surface area contributed by atoms with Crippen LogP contribution in [-0.4, -0.2) is 30.5 Å². The molecule has 3 fully saturated rings. The van der Waals surface area contributed by atoms with E-state index in [9.17, 15) is 14.4 Å². The molecule has 4 aliphatic carbocycles. The van der Waals surface area contributed by atoms with Gasteiger partial charge >= 0.3 is 0 Å². The van der Waals surface area contributed by atoms with E-state index in [4.69, 9.17) is 4.74 Å². The Labute approximate surface area is 190 Å². The van der Waals surface area contributed by atoms with Crippen molar-refractivity contribution in [3.63, 3.8) is 0 Å². The molecule has 0 aromatic heterocycles. The van der Waals surface area contributed by atoms with Gasteiger partial charge in [-0.2, -0.15) is 0 Å². The smallest absolute Gasteiger partial charge is 0.238 e. The minimum absolute atomic E-state index is 0.0391. The van der Waals surface area contributed by atoms with E-state index in [2.05, 4.69) is 12.2 Å². The maximum Gasteiger partial charge on any atom is 0.238 e. The summed E-state index contributed by atoms with van der Waals surface area (Å²) in [5.74, 6) is 2.29. The Morgan fingerprint density at radius 2 is 1.53 bits per heavy atom. The Kier molecular flexibility index (Phi) is 4.54. The summed E-state index contributed by atoms with van der Waals surface area (Å²) >= 11 is 1.44. The van der Waals surface area contributed by atoms with Crippen LogP contribution in [0, 0.1) is 35.5 Å². The van der Waals surface area contributed by atoms with Gasteiger partial charge in [-0.1, -0.05) is 12.2 Å². The first-order valence-corrected chi connectivity index (χ1v) is 12.0. The Morgan fingerprint density at radius 1 is 0.938 bits per heavy atom. The number of ether oxygens (including phenoxy) is 1. The first kappa shape index (κ1) is 19.8. The third-order valence-corrected chi connectivity index (χ3v) is 8.55. The lowest BCUT2D eigenvalue weighted by Gasteiger charge is -2.37. The lowest BCUT2D eigenvalue weighted by Crippen LogP contribution is -2.40. The summed E-state index contributed by atoms with van der Waals surface area (Å²) in [4.78, 5) is 41.2. The number of hydrogen-bond donors (Lipinski definition) is 0. The molecule has 0 radical (unpaired) electrons. The summed E-state index contributed by atoms with van der Waals surface area (Å²) in [7, 11) is 1.59. The number of rotatable bonds is 6. The van der Waals surface area contributed by atoms with Gasteiger partial charge in [0.1, 0.15) is 5.75 Å². The van der Waals surface area contributed by atoms with E-state index in [1.807, 2.05) is 24.3 Å². The predicted octanol–water partition coefficient (Wildman–Crippen LogP) is 4.23. The number of ketones is 1. The molecule has 2 aromatic rings.